The third-order valence-electron chi connectivity index (χ3n) is 2.43. The Labute approximate surface area is 76.0 Å². The van der Waals surface area contributed by atoms with Crippen molar-refractivity contribution in [3.63, 3.8) is 0 Å². The van der Waals surface area contributed by atoms with Gasteiger partial charge in [-0.05, 0) is 13.8 Å². The molecule has 0 amide bonds. The van der Waals surface area contributed by atoms with Crippen LogP contribution in [0, 0.1) is 0 Å². The molecule has 0 N–H and O–H groups in total. The van der Waals surface area contributed by atoms with Crippen molar-refractivity contribution in [2.75, 3.05) is 14.2 Å². The van der Waals surface area contributed by atoms with Crippen LogP contribution in [-0.2, 0) is 23.8 Å². The maximum atomic E-state index is 11.2. The van der Waals surface area contributed by atoms with E-state index in [-0.39, 0.29) is 0 Å². The van der Waals surface area contributed by atoms with Crippen LogP contribution in [0.4, 0.5) is 0 Å². The lowest BCUT2D eigenvalue weighted by Gasteiger charge is -2.07. The Morgan fingerprint density at radius 1 is 1.00 bits per heavy atom. The second-order valence-electron chi connectivity index (χ2n) is 3.15. The first-order valence-electron chi connectivity index (χ1n) is 3.79. The molecule has 1 saturated heterocycles. The van der Waals surface area contributed by atoms with Gasteiger partial charge in [-0.2, -0.15) is 0 Å². The number of rotatable bonds is 2. The zero-order chi connectivity index (χ0) is 10.3. The van der Waals surface area contributed by atoms with E-state index >= 15 is 0 Å². The molecular weight excluding hydrogens is 176 g/mol. The molecule has 0 aromatic rings. The van der Waals surface area contributed by atoms with Crippen molar-refractivity contribution in [2.24, 2.45) is 0 Å². The largest absolute Gasteiger partial charge is 0.467 e. The molecule has 1 aliphatic rings. The molecular formula is C8H12O5. The average molecular weight is 188 g/mol. The summed E-state index contributed by atoms with van der Waals surface area (Å²) in [6, 6.07) is 0. The lowest BCUT2D eigenvalue weighted by molar-refractivity contribution is -0.149. The van der Waals surface area contributed by atoms with Gasteiger partial charge in [-0.1, -0.05) is 0 Å². The monoisotopic (exact) mass is 188 g/mol. The Morgan fingerprint density at radius 3 is 1.54 bits per heavy atom. The van der Waals surface area contributed by atoms with E-state index in [1.54, 1.807) is 0 Å². The minimum atomic E-state index is -1.20. The van der Waals surface area contributed by atoms with Crippen LogP contribution < -0.4 is 0 Å². The fraction of sp³-hybridized carbons (Fsp3) is 0.750. The first-order valence-corrected chi connectivity index (χ1v) is 3.79. The minimum Gasteiger partial charge on any atom is -0.467 e. The molecule has 0 aromatic heterocycles. The highest BCUT2D eigenvalue weighted by Gasteiger charge is 2.75. The summed E-state index contributed by atoms with van der Waals surface area (Å²) >= 11 is 0. The van der Waals surface area contributed by atoms with Crippen LogP contribution in [0.1, 0.15) is 13.8 Å². The molecule has 0 aliphatic carbocycles. The van der Waals surface area contributed by atoms with Crippen molar-refractivity contribution < 1.29 is 23.8 Å². The first kappa shape index (κ1) is 9.98. The highest BCUT2D eigenvalue weighted by molar-refractivity contribution is 5.97. The number of ether oxygens (including phenoxy) is 3. The summed E-state index contributed by atoms with van der Waals surface area (Å²) in [5.74, 6) is -1.14. The van der Waals surface area contributed by atoms with Crippen molar-refractivity contribution in [3.8, 4) is 0 Å². The summed E-state index contributed by atoms with van der Waals surface area (Å²) in [7, 11) is 2.49. The van der Waals surface area contributed by atoms with Crippen molar-refractivity contribution in [3.05, 3.63) is 0 Å². The van der Waals surface area contributed by atoms with Crippen LogP contribution in [0.2, 0.25) is 0 Å². The van der Waals surface area contributed by atoms with E-state index in [0.29, 0.717) is 0 Å². The Hall–Kier alpha value is -1.10. The summed E-state index contributed by atoms with van der Waals surface area (Å²) in [5.41, 5.74) is -2.40. The molecule has 0 aromatic carbocycles. The van der Waals surface area contributed by atoms with E-state index in [4.69, 9.17) is 4.74 Å². The minimum absolute atomic E-state index is 0.569. The molecule has 74 valence electrons. The zero-order valence-electron chi connectivity index (χ0n) is 8.04. The summed E-state index contributed by atoms with van der Waals surface area (Å²) in [6.07, 6.45) is 0. The zero-order valence-corrected chi connectivity index (χ0v) is 8.04. The summed E-state index contributed by atoms with van der Waals surface area (Å²) in [6.45, 7) is 2.99. The van der Waals surface area contributed by atoms with E-state index in [9.17, 15) is 9.59 Å². The molecule has 1 rings (SSSR count). The number of carbonyl (C=O) groups is 2. The maximum Gasteiger partial charge on any atom is 0.341 e. The van der Waals surface area contributed by atoms with Gasteiger partial charge in [-0.15, -0.1) is 0 Å². The molecule has 1 aliphatic heterocycles. The lowest BCUT2D eigenvalue weighted by Crippen LogP contribution is -2.36. The van der Waals surface area contributed by atoms with Crippen LogP contribution >= 0.6 is 0 Å². The standard InChI is InChI=1S/C8H12O5/c1-7(5(9)11-3)8(2,13-7)6(10)12-4/h1-4H3. The Kier molecular flexibility index (Phi) is 2.07. The van der Waals surface area contributed by atoms with Gasteiger partial charge in [0.05, 0.1) is 14.2 Å². The van der Waals surface area contributed by atoms with E-state index in [0.717, 1.165) is 0 Å². The Morgan fingerprint density at radius 2 is 1.31 bits per heavy atom. The van der Waals surface area contributed by atoms with Crippen LogP contribution in [0.3, 0.4) is 0 Å². The maximum absolute atomic E-state index is 11.2. The molecule has 0 radical (unpaired) electrons. The number of esters is 2. The van der Waals surface area contributed by atoms with Gasteiger partial charge in [0.15, 0.2) is 0 Å². The van der Waals surface area contributed by atoms with Crippen LogP contribution in [-0.4, -0.2) is 37.4 Å². The van der Waals surface area contributed by atoms with Crippen molar-refractivity contribution in [1.82, 2.24) is 0 Å². The lowest BCUT2D eigenvalue weighted by atomic mass is 9.96. The summed E-state index contributed by atoms with van der Waals surface area (Å²) in [5, 5.41) is 0. The van der Waals surface area contributed by atoms with E-state index in [1.165, 1.54) is 28.1 Å². The molecule has 0 bridgehead atoms. The number of hydrogen-bond acceptors (Lipinski definition) is 5. The quantitative estimate of drug-likeness (QED) is 0.446. The van der Waals surface area contributed by atoms with Crippen LogP contribution in [0.25, 0.3) is 0 Å². The molecule has 2 atom stereocenters. The molecule has 2 unspecified atom stereocenters. The topological polar surface area (TPSA) is 65.1 Å². The summed E-state index contributed by atoms with van der Waals surface area (Å²) < 4.78 is 14.0. The molecule has 1 fully saturated rings. The molecule has 0 spiro atoms. The molecule has 5 nitrogen and oxygen atoms in total. The van der Waals surface area contributed by atoms with Gasteiger partial charge in [0.1, 0.15) is 0 Å². The highest BCUT2D eigenvalue weighted by atomic mass is 16.7. The predicted molar refractivity (Wildman–Crippen MR) is 41.9 cm³/mol. The fourth-order valence-corrected chi connectivity index (χ4v) is 1.25. The van der Waals surface area contributed by atoms with Gasteiger partial charge >= 0.3 is 11.9 Å². The van der Waals surface area contributed by atoms with Gasteiger partial charge in [0.2, 0.25) is 11.2 Å². The molecule has 5 heteroatoms. The normalized spacial score (nSPS) is 36.6. The van der Waals surface area contributed by atoms with Crippen molar-refractivity contribution >= 4 is 11.9 Å². The Bertz CT molecular complexity index is 235. The number of methoxy groups -OCH3 is 2. The van der Waals surface area contributed by atoms with E-state index in [2.05, 4.69) is 9.47 Å². The fourth-order valence-electron chi connectivity index (χ4n) is 1.25. The van der Waals surface area contributed by atoms with E-state index < -0.39 is 23.1 Å². The molecule has 1 heterocycles. The van der Waals surface area contributed by atoms with Crippen LogP contribution in [0.5, 0.6) is 0 Å². The van der Waals surface area contributed by atoms with Crippen molar-refractivity contribution in [2.45, 2.75) is 25.0 Å². The summed E-state index contributed by atoms with van der Waals surface area (Å²) in [4.78, 5) is 22.4. The number of epoxide rings is 1. The highest BCUT2D eigenvalue weighted by Crippen LogP contribution is 2.49. The van der Waals surface area contributed by atoms with Gasteiger partial charge in [0.25, 0.3) is 0 Å². The van der Waals surface area contributed by atoms with E-state index in [1.807, 2.05) is 0 Å². The molecule has 13 heavy (non-hydrogen) atoms. The Balaban J connectivity index is 2.81. The van der Waals surface area contributed by atoms with Gasteiger partial charge in [-0.3, -0.25) is 0 Å². The SMILES string of the molecule is COC(=O)C1(C)OC1(C)C(=O)OC. The molecule has 0 saturated carbocycles. The van der Waals surface area contributed by atoms with Crippen molar-refractivity contribution in [1.29, 1.82) is 0 Å². The average Bonchev–Trinajstić information content (AvgIpc) is 2.69. The van der Waals surface area contributed by atoms with Gasteiger partial charge in [0, 0.05) is 0 Å². The van der Waals surface area contributed by atoms with Gasteiger partial charge < -0.3 is 14.2 Å². The van der Waals surface area contributed by atoms with Gasteiger partial charge in [-0.25, -0.2) is 9.59 Å². The second kappa shape index (κ2) is 2.70. The smallest absolute Gasteiger partial charge is 0.341 e. The third-order valence-corrected chi connectivity index (χ3v) is 2.43. The number of carbonyl (C=O) groups excluding carboxylic acids is 2. The second-order valence-corrected chi connectivity index (χ2v) is 3.15. The van der Waals surface area contributed by atoms with Crippen LogP contribution in [0.15, 0.2) is 0 Å². The number of hydrogen-bond donors (Lipinski definition) is 0. The first-order chi connectivity index (χ1) is 5.92. The predicted octanol–water partition coefficient (Wildman–Crippen LogP) is -0.120. The third kappa shape index (κ3) is 1.11.